The number of hydrogen-bond acceptors (Lipinski definition) is 2. The van der Waals surface area contributed by atoms with Crippen molar-refractivity contribution in [2.75, 3.05) is 13.1 Å². The normalized spacial score (nSPS) is 25.0. The van der Waals surface area contributed by atoms with E-state index in [1.165, 1.54) is 50.8 Å². The number of hydrogen-bond donors (Lipinski definition) is 1. The van der Waals surface area contributed by atoms with Gasteiger partial charge in [-0.3, -0.25) is 4.98 Å². The second-order valence-corrected chi connectivity index (χ2v) is 5.28. The minimum absolute atomic E-state index is 0.482. The van der Waals surface area contributed by atoms with Gasteiger partial charge in [0.25, 0.3) is 0 Å². The maximum absolute atomic E-state index is 4.31. The monoisotopic (exact) mass is 216 g/mol. The van der Waals surface area contributed by atoms with Crippen LogP contribution in [0.4, 0.5) is 0 Å². The van der Waals surface area contributed by atoms with E-state index >= 15 is 0 Å². The molecule has 1 aliphatic carbocycles. The zero-order chi connectivity index (χ0) is 10.8. The van der Waals surface area contributed by atoms with E-state index in [1.807, 2.05) is 6.20 Å². The predicted molar refractivity (Wildman–Crippen MR) is 65.4 cm³/mol. The highest BCUT2D eigenvalue weighted by molar-refractivity contribution is 5.26. The maximum atomic E-state index is 4.31. The first-order valence-corrected chi connectivity index (χ1v) is 6.53. The first-order chi connectivity index (χ1) is 7.92. The van der Waals surface area contributed by atoms with Crippen molar-refractivity contribution >= 4 is 0 Å². The van der Waals surface area contributed by atoms with Gasteiger partial charge in [-0.1, -0.05) is 12.5 Å². The molecule has 16 heavy (non-hydrogen) atoms. The van der Waals surface area contributed by atoms with Crippen LogP contribution in [0.15, 0.2) is 24.5 Å². The molecule has 1 N–H and O–H groups in total. The molecule has 2 aliphatic rings. The lowest BCUT2D eigenvalue weighted by atomic mass is 9.56. The molecule has 1 aliphatic heterocycles. The van der Waals surface area contributed by atoms with Crippen LogP contribution in [0.1, 0.15) is 37.7 Å². The molecule has 1 saturated heterocycles. The van der Waals surface area contributed by atoms with E-state index in [2.05, 4.69) is 28.6 Å². The zero-order valence-electron chi connectivity index (χ0n) is 9.78. The number of pyridine rings is 1. The fourth-order valence-corrected chi connectivity index (χ4v) is 3.52. The van der Waals surface area contributed by atoms with E-state index in [0.29, 0.717) is 5.41 Å². The highest BCUT2D eigenvalue weighted by atomic mass is 14.9. The van der Waals surface area contributed by atoms with Gasteiger partial charge in [-0.05, 0) is 61.7 Å². The van der Waals surface area contributed by atoms with Crippen molar-refractivity contribution < 1.29 is 0 Å². The molecule has 0 aromatic carbocycles. The summed E-state index contributed by atoms with van der Waals surface area (Å²) in [5, 5.41) is 3.47. The standard InChI is InChI=1S/C14H20N2/c1-3-13(11-16-8-1)14(6-2-7-14)12-4-9-15-10-5-12/h1,3,8,11-12,15H,2,4-7,9-10H2. The Morgan fingerprint density at radius 2 is 2.06 bits per heavy atom. The molecule has 0 radical (unpaired) electrons. The fraction of sp³-hybridized carbons (Fsp3) is 0.643. The summed E-state index contributed by atoms with van der Waals surface area (Å²) in [4.78, 5) is 4.31. The third-order valence-corrected chi connectivity index (χ3v) is 4.60. The fourth-order valence-electron chi connectivity index (χ4n) is 3.52. The van der Waals surface area contributed by atoms with E-state index in [4.69, 9.17) is 0 Å². The number of aromatic nitrogens is 1. The Kier molecular flexibility index (Phi) is 2.68. The summed E-state index contributed by atoms with van der Waals surface area (Å²) in [6, 6.07) is 4.38. The predicted octanol–water partition coefficient (Wildman–Crippen LogP) is 2.50. The van der Waals surface area contributed by atoms with Gasteiger partial charge in [0.2, 0.25) is 0 Å². The molecule has 0 unspecified atom stereocenters. The van der Waals surface area contributed by atoms with Gasteiger partial charge in [0, 0.05) is 12.4 Å². The Hall–Kier alpha value is -0.890. The molecule has 0 spiro atoms. The molecule has 2 heteroatoms. The van der Waals surface area contributed by atoms with Crippen LogP contribution in [0.5, 0.6) is 0 Å². The Labute approximate surface area is 97.5 Å². The molecule has 2 heterocycles. The summed E-state index contributed by atoms with van der Waals surface area (Å²) in [5.74, 6) is 0.881. The van der Waals surface area contributed by atoms with Crippen molar-refractivity contribution in [1.29, 1.82) is 0 Å². The second kappa shape index (κ2) is 4.17. The molecule has 2 fully saturated rings. The van der Waals surface area contributed by atoms with Crippen LogP contribution in [-0.2, 0) is 5.41 Å². The lowest BCUT2D eigenvalue weighted by Gasteiger charge is -2.49. The van der Waals surface area contributed by atoms with Crippen LogP contribution in [-0.4, -0.2) is 18.1 Å². The Morgan fingerprint density at radius 3 is 2.62 bits per heavy atom. The third-order valence-electron chi connectivity index (χ3n) is 4.60. The molecule has 3 rings (SSSR count). The lowest BCUT2D eigenvalue weighted by Crippen LogP contribution is -2.46. The summed E-state index contributed by atoms with van der Waals surface area (Å²) < 4.78 is 0. The minimum atomic E-state index is 0.482. The summed E-state index contributed by atoms with van der Waals surface area (Å²) in [5.41, 5.74) is 1.98. The summed E-state index contributed by atoms with van der Waals surface area (Å²) >= 11 is 0. The smallest absolute Gasteiger partial charge is 0.0305 e. The quantitative estimate of drug-likeness (QED) is 0.821. The van der Waals surface area contributed by atoms with E-state index in [1.54, 1.807) is 0 Å². The van der Waals surface area contributed by atoms with Gasteiger partial charge in [0.1, 0.15) is 0 Å². The molecule has 1 aromatic rings. The molecule has 86 valence electrons. The SMILES string of the molecule is c1cncc(C2(C3CCNCC3)CCC2)c1. The average molecular weight is 216 g/mol. The third kappa shape index (κ3) is 1.56. The molecule has 2 nitrogen and oxygen atoms in total. The van der Waals surface area contributed by atoms with E-state index in [0.717, 1.165) is 5.92 Å². The van der Waals surface area contributed by atoms with Crippen LogP contribution in [0, 0.1) is 5.92 Å². The highest BCUT2D eigenvalue weighted by Crippen LogP contribution is 2.51. The topological polar surface area (TPSA) is 24.9 Å². The minimum Gasteiger partial charge on any atom is -0.317 e. The van der Waals surface area contributed by atoms with E-state index in [-0.39, 0.29) is 0 Å². The van der Waals surface area contributed by atoms with Crippen LogP contribution in [0.25, 0.3) is 0 Å². The number of nitrogens with zero attached hydrogens (tertiary/aromatic N) is 1. The molecule has 1 saturated carbocycles. The van der Waals surface area contributed by atoms with E-state index < -0.39 is 0 Å². The van der Waals surface area contributed by atoms with Crippen molar-refractivity contribution in [2.45, 2.75) is 37.5 Å². The Morgan fingerprint density at radius 1 is 1.25 bits per heavy atom. The number of piperidine rings is 1. The first-order valence-electron chi connectivity index (χ1n) is 6.53. The second-order valence-electron chi connectivity index (χ2n) is 5.28. The van der Waals surface area contributed by atoms with Crippen molar-refractivity contribution in [1.82, 2.24) is 10.3 Å². The van der Waals surface area contributed by atoms with Crippen molar-refractivity contribution in [3.8, 4) is 0 Å². The van der Waals surface area contributed by atoms with Crippen LogP contribution in [0.3, 0.4) is 0 Å². The summed E-state index contributed by atoms with van der Waals surface area (Å²) in [6.07, 6.45) is 10.8. The van der Waals surface area contributed by atoms with Crippen LogP contribution in [0.2, 0.25) is 0 Å². The maximum Gasteiger partial charge on any atom is 0.0305 e. The molecular weight excluding hydrogens is 196 g/mol. The van der Waals surface area contributed by atoms with Gasteiger partial charge in [0.15, 0.2) is 0 Å². The van der Waals surface area contributed by atoms with Gasteiger partial charge in [-0.25, -0.2) is 0 Å². The van der Waals surface area contributed by atoms with Gasteiger partial charge in [0.05, 0.1) is 0 Å². The zero-order valence-corrected chi connectivity index (χ0v) is 9.78. The molecule has 0 atom stereocenters. The van der Waals surface area contributed by atoms with E-state index in [9.17, 15) is 0 Å². The van der Waals surface area contributed by atoms with Crippen LogP contribution < -0.4 is 5.32 Å². The number of nitrogens with one attached hydrogen (secondary N) is 1. The van der Waals surface area contributed by atoms with Crippen LogP contribution >= 0.6 is 0 Å². The Balaban J connectivity index is 1.87. The van der Waals surface area contributed by atoms with Gasteiger partial charge in [-0.15, -0.1) is 0 Å². The number of rotatable bonds is 2. The largest absolute Gasteiger partial charge is 0.317 e. The molecular formula is C14H20N2. The molecule has 0 amide bonds. The average Bonchev–Trinajstić information content (AvgIpc) is 2.31. The first kappa shape index (κ1) is 10.3. The Bertz CT molecular complexity index is 337. The van der Waals surface area contributed by atoms with Gasteiger partial charge in [-0.2, -0.15) is 0 Å². The van der Waals surface area contributed by atoms with Crippen molar-refractivity contribution in [2.24, 2.45) is 5.92 Å². The van der Waals surface area contributed by atoms with Gasteiger partial charge >= 0.3 is 0 Å². The summed E-state index contributed by atoms with van der Waals surface area (Å²) in [7, 11) is 0. The molecule has 1 aromatic heterocycles. The van der Waals surface area contributed by atoms with Gasteiger partial charge < -0.3 is 5.32 Å². The summed E-state index contributed by atoms with van der Waals surface area (Å²) in [6.45, 7) is 2.40. The van der Waals surface area contributed by atoms with Crippen molar-refractivity contribution in [3.63, 3.8) is 0 Å². The highest BCUT2D eigenvalue weighted by Gasteiger charge is 2.45. The molecule has 0 bridgehead atoms. The van der Waals surface area contributed by atoms with Crippen molar-refractivity contribution in [3.05, 3.63) is 30.1 Å². The lowest BCUT2D eigenvalue weighted by molar-refractivity contribution is 0.116.